The molecule has 106 valence electrons. The molecule has 0 spiro atoms. The molecule has 0 saturated carbocycles. The molecule has 1 aromatic heterocycles. The van der Waals surface area contributed by atoms with Gasteiger partial charge in [0.2, 0.25) is 0 Å². The highest BCUT2D eigenvalue weighted by molar-refractivity contribution is 5.33. The van der Waals surface area contributed by atoms with Crippen LogP contribution in [0, 0.1) is 5.92 Å². The fraction of sp³-hybridized carbons (Fsp3) is 0.643. The minimum atomic E-state index is 0.716. The van der Waals surface area contributed by atoms with Crippen molar-refractivity contribution in [3.63, 3.8) is 0 Å². The SMILES string of the molecule is CN(C)CC1CCN(Cc2ccc(NN)nc2)CC1. The number of nitrogen functional groups attached to an aromatic ring is 1. The van der Waals surface area contributed by atoms with Gasteiger partial charge in [0.05, 0.1) is 0 Å². The van der Waals surface area contributed by atoms with Gasteiger partial charge in [-0.05, 0) is 57.6 Å². The van der Waals surface area contributed by atoms with Crippen LogP contribution in [0.5, 0.6) is 0 Å². The molecule has 0 unspecified atom stereocenters. The van der Waals surface area contributed by atoms with Crippen molar-refractivity contribution in [1.82, 2.24) is 14.8 Å². The number of hydrazine groups is 1. The Morgan fingerprint density at radius 2 is 2.11 bits per heavy atom. The molecule has 5 nitrogen and oxygen atoms in total. The number of nitrogens with one attached hydrogen (secondary N) is 1. The number of piperidine rings is 1. The molecule has 1 aliphatic heterocycles. The standard InChI is InChI=1S/C14H25N5/c1-18(2)10-12-5-7-19(8-6-12)11-13-3-4-14(17-15)16-9-13/h3-4,9,12H,5-8,10-11,15H2,1-2H3,(H,16,17). The van der Waals surface area contributed by atoms with E-state index < -0.39 is 0 Å². The summed E-state index contributed by atoms with van der Waals surface area (Å²) in [4.78, 5) is 9.05. The molecule has 0 atom stereocenters. The zero-order valence-electron chi connectivity index (χ0n) is 12.0. The largest absolute Gasteiger partial charge is 0.309 e. The number of aromatic nitrogens is 1. The lowest BCUT2D eigenvalue weighted by molar-refractivity contribution is 0.157. The van der Waals surface area contributed by atoms with E-state index >= 15 is 0 Å². The van der Waals surface area contributed by atoms with Crippen molar-refractivity contribution >= 4 is 5.82 Å². The first-order valence-corrected chi connectivity index (χ1v) is 6.96. The lowest BCUT2D eigenvalue weighted by Crippen LogP contribution is -2.36. The Morgan fingerprint density at radius 3 is 2.63 bits per heavy atom. The maximum Gasteiger partial charge on any atom is 0.139 e. The van der Waals surface area contributed by atoms with Crippen molar-refractivity contribution in [3.05, 3.63) is 23.9 Å². The summed E-state index contributed by atoms with van der Waals surface area (Å²) in [6.45, 7) is 4.59. The number of hydrogen-bond donors (Lipinski definition) is 2. The van der Waals surface area contributed by atoms with Crippen LogP contribution in [-0.2, 0) is 6.54 Å². The molecule has 0 bridgehead atoms. The van der Waals surface area contributed by atoms with E-state index in [1.807, 2.05) is 12.3 Å². The summed E-state index contributed by atoms with van der Waals surface area (Å²) >= 11 is 0. The van der Waals surface area contributed by atoms with E-state index in [1.165, 1.54) is 38.0 Å². The lowest BCUT2D eigenvalue weighted by Gasteiger charge is -2.33. The molecule has 1 fully saturated rings. The Balaban J connectivity index is 1.78. The van der Waals surface area contributed by atoms with Gasteiger partial charge in [-0.2, -0.15) is 0 Å². The molecule has 1 saturated heterocycles. The Kier molecular flexibility index (Phi) is 5.13. The number of hydrogen-bond acceptors (Lipinski definition) is 5. The molecule has 0 aromatic carbocycles. The number of likely N-dealkylation sites (tertiary alicyclic amines) is 1. The topological polar surface area (TPSA) is 57.4 Å². The summed E-state index contributed by atoms with van der Waals surface area (Å²) in [5.41, 5.74) is 3.81. The van der Waals surface area contributed by atoms with Gasteiger partial charge in [0.15, 0.2) is 0 Å². The van der Waals surface area contributed by atoms with Crippen LogP contribution in [0.1, 0.15) is 18.4 Å². The van der Waals surface area contributed by atoms with Crippen molar-refractivity contribution in [1.29, 1.82) is 0 Å². The highest BCUT2D eigenvalue weighted by Crippen LogP contribution is 2.19. The van der Waals surface area contributed by atoms with Gasteiger partial charge in [-0.1, -0.05) is 6.07 Å². The zero-order chi connectivity index (χ0) is 13.7. The van der Waals surface area contributed by atoms with Crippen LogP contribution in [0.3, 0.4) is 0 Å². The Hall–Kier alpha value is -1.17. The monoisotopic (exact) mass is 263 g/mol. The maximum atomic E-state index is 5.31. The van der Waals surface area contributed by atoms with Crippen LogP contribution in [-0.4, -0.2) is 48.5 Å². The molecular formula is C14H25N5. The fourth-order valence-corrected chi connectivity index (χ4v) is 2.71. The van der Waals surface area contributed by atoms with Gasteiger partial charge in [0.25, 0.3) is 0 Å². The predicted molar refractivity (Wildman–Crippen MR) is 78.6 cm³/mol. The third-order valence-electron chi connectivity index (χ3n) is 3.71. The normalized spacial score (nSPS) is 17.9. The van der Waals surface area contributed by atoms with Crippen LogP contribution < -0.4 is 11.3 Å². The summed E-state index contributed by atoms with van der Waals surface area (Å²) in [5, 5.41) is 0. The van der Waals surface area contributed by atoms with Gasteiger partial charge in [-0.25, -0.2) is 10.8 Å². The lowest BCUT2D eigenvalue weighted by atomic mass is 9.96. The minimum absolute atomic E-state index is 0.716. The highest BCUT2D eigenvalue weighted by Gasteiger charge is 2.19. The second-order valence-corrected chi connectivity index (χ2v) is 5.68. The van der Waals surface area contributed by atoms with Gasteiger partial charge in [0, 0.05) is 19.3 Å². The van der Waals surface area contributed by atoms with Gasteiger partial charge in [-0.15, -0.1) is 0 Å². The predicted octanol–water partition coefficient (Wildman–Crippen LogP) is 1.14. The van der Waals surface area contributed by atoms with Gasteiger partial charge < -0.3 is 10.3 Å². The summed E-state index contributed by atoms with van der Waals surface area (Å²) in [5.74, 6) is 6.88. The Bertz CT molecular complexity index is 368. The number of pyridine rings is 1. The number of anilines is 1. The van der Waals surface area contributed by atoms with E-state index in [4.69, 9.17) is 5.84 Å². The van der Waals surface area contributed by atoms with E-state index in [0.29, 0.717) is 5.82 Å². The van der Waals surface area contributed by atoms with Crippen LogP contribution >= 0.6 is 0 Å². The second kappa shape index (κ2) is 6.84. The summed E-state index contributed by atoms with van der Waals surface area (Å²) < 4.78 is 0. The third kappa shape index (κ3) is 4.45. The minimum Gasteiger partial charge on any atom is -0.309 e. The summed E-state index contributed by atoms with van der Waals surface area (Å²) in [7, 11) is 4.32. The first kappa shape index (κ1) is 14.2. The average molecular weight is 263 g/mol. The van der Waals surface area contributed by atoms with Crippen LogP contribution in [0.2, 0.25) is 0 Å². The van der Waals surface area contributed by atoms with Crippen LogP contribution in [0.15, 0.2) is 18.3 Å². The van der Waals surface area contributed by atoms with Gasteiger partial charge in [0.1, 0.15) is 5.82 Å². The van der Waals surface area contributed by atoms with Crippen molar-refractivity contribution in [2.75, 3.05) is 39.2 Å². The molecule has 0 amide bonds. The van der Waals surface area contributed by atoms with Gasteiger partial charge >= 0.3 is 0 Å². The first-order valence-electron chi connectivity index (χ1n) is 6.96. The third-order valence-corrected chi connectivity index (χ3v) is 3.71. The van der Waals surface area contributed by atoms with Crippen molar-refractivity contribution in [3.8, 4) is 0 Å². The van der Waals surface area contributed by atoms with E-state index in [2.05, 4.69) is 40.4 Å². The quantitative estimate of drug-likeness (QED) is 0.616. The number of nitrogens with zero attached hydrogens (tertiary/aromatic N) is 3. The van der Waals surface area contributed by atoms with Gasteiger partial charge in [-0.3, -0.25) is 4.90 Å². The van der Waals surface area contributed by atoms with E-state index in [-0.39, 0.29) is 0 Å². The average Bonchev–Trinajstić information content (AvgIpc) is 2.41. The van der Waals surface area contributed by atoms with Crippen LogP contribution in [0.4, 0.5) is 5.82 Å². The maximum absolute atomic E-state index is 5.31. The fourth-order valence-electron chi connectivity index (χ4n) is 2.71. The number of rotatable bonds is 5. The molecule has 1 aromatic rings. The molecule has 3 N–H and O–H groups in total. The molecule has 0 radical (unpaired) electrons. The van der Waals surface area contributed by atoms with Crippen molar-refractivity contribution in [2.24, 2.45) is 11.8 Å². The van der Waals surface area contributed by atoms with Crippen molar-refractivity contribution in [2.45, 2.75) is 19.4 Å². The molecule has 1 aliphatic rings. The van der Waals surface area contributed by atoms with Crippen LogP contribution in [0.25, 0.3) is 0 Å². The molecule has 2 heterocycles. The Labute approximate surface area is 115 Å². The molecule has 2 rings (SSSR count). The van der Waals surface area contributed by atoms with E-state index in [9.17, 15) is 0 Å². The second-order valence-electron chi connectivity index (χ2n) is 5.68. The molecular weight excluding hydrogens is 238 g/mol. The molecule has 0 aliphatic carbocycles. The summed E-state index contributed by atoms with van der Waals surface area (Å²) in [6.07, 6.45) is 4.50. The summed E-state index contributed by atoms with van der Waals surface area (Å²) in [6, 6.07) is 4.02. The van der Waals surface area contributed by atoms with Crippen molar-refractivity contribution < 1.29 is 0 Å². The first-order chi connectivity index (χ1) is 9.17. The molecule has 19 heavy (non-hydrogen) atoms. The Morgan fingerprint density at radius 1 is 1.37 bits per heavy atom. The smallest absolute Gasteiger partial charge is 0.139 e. The zero-order valence-corrected chi connectivity index (χ0v) is 12.0. The molecule has 5 heteroatoms. The number of nitrogens with two attached hydrogens (primary N) is 1. The van der Waals surface area contributed by atoms with E-state index in [0.717, 1.165) is 12.5 Å². The highest BCUT2D eigenvalue weighted by atomic mass is 15.2. The van der Waals surface area contributed by atoms with E-state index in [1.54, 1.807) is 0 Å².